The molecule has 36 heavy (non-hydrogen) atoms. The van der Waals surface area contributed by atoms with E-state index >= 15 is 0 Å². The predicted molar refractivity (Wildman–Crippen MR) is 133 cm³/mol. The first-order valence-electron chi connectivity index (χ1n) is 13.0. The van der Waals surface area contributed by atoms with Crippen molar-refractivity contribution in [2.45, 2.75) is 94.5 Å². The number of alkyl halides is 2. The Hall–Kier alpha value is -2.07. The van der Waals surface area contributed by atoms with Gasteiger partial charge in [0.05, 0.1) is 21.8 Å². The Morgan fingerprint density at radius 1 is 1.17 bits per heavy atom. The standard InChI is InChI=1S/C26H36F2N4O3S/c1-25(2,3)24-30-21-14-20(6-7-22(21)31(24)16-17-8-11-26(27,28)12-9-17)36(34,35)32(19-4-5-19)23(33)18-10-13-29-15-18/h6-7,14,17-19,29H,4-5,8-13,15-16H2,1-3H3/t18-/m0/s1. The van der Waals surface area contributed by atoms with Crippen molar-refractivity contribution in [3.8, 4) is 0 Å². The molecule has 1 aromatic carbocycles. The maximum absolute atomic E-state index is 13.7. The van der Waals surface area contributed by atoms with E-state index in [9.17, 15) is 22.0 Å². The van der Waals surface area contributed by atoms with Crippen LogP contribution in [0.2, 0.25) is 0 Å². The summed E-state index contributed by atoms with van der Waals surface area (Å²) in [6.45, 7) is 7.92. The fraction of sp³-hybridized carbons (Fsp3) is 0.692. The number of rotatable bonds is 6. The highest BCUT2D eigenvalue weighted by Gasteiger charge is 2.44. The number of nitrogens with zero attached hydrogens (tertiary/aromatic N) is 3. The molecule has 2 aliphatic carbocycles. The topological polar surface area (TPSA) is 84.3 Å². The molecule has 10 heteroatoms. The van der Waals surface area contributed by atoms with Crippen LogP contribution in [0, 0.1) is 11.8 Å². The zero-order valence-electron chi connectivity index (χ0n) is 21.3. The molecule has 1 aromatic heterocycles. The number of aromatic nitrogens is 2. The van der Waals surface area contributed by atoms with Crippen molar-refractivity contribution in [3.63, 3.8) is 0 Å². The molecule has 2 aromatic rings. The van der Waals surface area contributed by atoms with Gasteiger partial charge in [-0.25, -0.2) is 26.5 Å². The molecule has 0 radical (unpaired) electrons. The molecule has 5 rings (SSSR count). The van der Waals surface area contributed by atoms with E-state index in [0.29, 0.717) is 57.3 Å². The number of hydrogen-bond acceptors (Lipinski definition) is 5. The van der Waals surface area contributed by atoms with Crippen LogP contribution in [0.25, 0.3) is 11.0 Å². The average Bonchev–Trinajstić information content (AvgIpc) is 3.32. The average molecular weight is 523 g/mol. The van der Waals surface area contributed by atoms with Crippen molar-refractivity contribution < 1.29 is 22.0 Å². The van der Waals surface area contributed by atoms with Gasteiger partial charge >= 0.3 is 0 Å². The fourth-order valence-electron chi connectivity index (χ4n) is 5.53. The Morgan fingerprint density at radius 2 is 1.86 bits per heavy atom. The molecule has 3 fully saturated rings. The summed E-state index contributed by atoms with van der Waals surface area (Å²) in [6.07, 6.45) is 2.74. The molecule has 0 bridgehead atoms. The molecule has 2 saturated carbocycles. The normalized spacial score (nSPS) is 23.3. The molecule has 1 saturated heterocycles. The highest BCUT2D eigenvalue weighted by Crippen LogP contribution is 2.39. The molecule has 3 aliphatic rings. The van der Waals surface area contributed by atoms with Crippen LogP contribution in [0.1, 0.15) is 71.5 Å². The first-order valence-corrected chi connectivity index (χ1v) is 14.5. The number of sulfonamides is 1. The number of nitrogens with one attached hydrogen (secondary N) is 1. The van der Waals surface area contributed by atoms with E-state index in [2.05, 4.69) is 9.88 Å². The lowest BCUT2D eigenvalue weighted by molar-refractivity contribution is -0.130. The number of benzene rings is 1. The molecule has 0 spiro atoms. The van der Waals surface area contributed by atoms with E-state index in [1.54, 1.807) is 18.2 Å². The van der Waals surface area contributed by atoms with Crippen LogP contribution in [0.15, 0.2) is 23.1 Å². The number of halogens is 2. The Kier molecular flexibility index (Phi) is 6.42. The summed E-state index contributed by atoms with van der Waals surface area (Å²) >= 11 is 0. The largest absolute Gasteiger partial charge is 0.327 e. The van der Waals surface area contributed by atoms with Crippen molar-refractivity contribution in [3.05, 3.63) is 24.0 Å². The Balaban J connectivity index is 1.49. The minimum absolute atomic E-state index is 0.0728. The van der Waals surface area contributed by atoms with Crippen LogP contribution >= 0.6 is 0 Å². The van der Waals surface area contributed by atoms with Crippen LogP contribution in [-0.4, -0.2) is 53.2 Å². The van der Waals surface area contributed by atoms with Gasteiger partial charge in [-0.05, 0) is 62.8 Å². The molecule has 2 heterocycles. The first kappa shape index (κ1) is 25.6. The summed E-state index contributed by atoms with van der Waals surface area (Å²) in [5.74, 6) is -2.30. The first-order chi connectivity index (χ1) is 16.9. The second kappa shape index (κ2) is 9.04. The third-order valence-electron chi connectivity index (χ3n) is 7.73. The van der Waals surface area contributed by atoms with Crippen LogP contribution in [-0.2, 0) is 26.8 Å². The van der Waals surface area contributed by atoms with Gasteiger partial charge in [0.2, 0.25) is 11.8 Å². The van der Waals surface area contributed by atoms with Gasteiger partial charge in [0.1, 0.15) is 5.82 Å². The Labute approximate surface area is 211 Å². The number of fused-ring (bicyclic) bond motifs is 1. The molecule has 7 nitrogen and oxygen atoms in total. The summed E-state index contributed by atoms with van der Waals surface area (Å²) in [5, 5.41) is 3.15. The van der Waals surface area contributed by atoms with Gasteiger partial charge in [-0.15, -0.1) is 0 Å². The summed E-state index contributed by atoms with van der Waals surface area (Å²) in [4.78, 5) is 18.1. The van der Waals surface area contributed by atoms with E-state index in [4.69, 9.17) is 4.98 Å². The van der Waals surface area contributed by atoms with Gasteiger partial charge in [-0.1, -0.05) is 20.8 Å². The van der Waals surface area contributed by atoms with E-state index in [1.807, 2.05) is 20.8 Å². The molecule has 1 atom stereocenters. The quantitative estimate of drug-likeness (QED) is 0.606. The van der Waals surface area contributed by atoms with Crippen molar-refractivity contribution in [2.75, 3.05) is 13.1 Å². The van der Waals surface area contributed by atoms with Crippen LogP contribution in [0.3, 0.4) is 0 Å². The van der Waals surface area contributed by atoms with Gasteiger partial charge in [0, 0.05) is 37.4 Å². The number of carbonyl (C=O) groups is 1. The summed E-state index contributed by atoms with van der Waals surface area (Å²) < 4.78 is 58.0. The Bertz CT molecular complexity index is 1250. The predicted octanol–water partition coefficient (Wildman–Crippen LogP) is 4.45. The number of carbonyl (C=O) groups excluding carboxylic acids is 1. The van der Waals surface area contributed by atoms with Crippen LogP contribution < -0.4 is 5.32 Å². The van der Waals surface area contributed by atoms with Crippen molar-refractivity contribution >= 4 is 27.0 Å². The highest BCUT2D eigenvalue weighted by atomic mass is 32.2. The van der Waals surface area contributed by atoms with Crippen LogP contribution in [0.4, 0.5) is 8.78 Å². The lowest BCUT2D eigenvalue weighted by atomic mass is 9.86. The number of imidazole rings is 1. The van der Waals surface area contributed by atoms with Crippen LogP contribution in [0.5, 0.6) is 0 Å². The fourth-order valence-corrected chi connectivity index (χ4v) is 7.25. The molecule has 1 aliphatic heterocycles. The van der Waals surface area contributed by atoms with Gasteiger partial charge in [0.25, 0.3) is 10.0 Å². The van der Waals surface area contributed by atoms with E-state index in [0.717, 1.165) is 15.6 Å². The monoisotopic (exact) mass is 522 g/mol. The smallest absolute Gasteiger partial charge is 0.266 e. The Morgan fingerprint density at radius 3 is 2.44 bits per heavy atom. The van der Waals surface area contributed by atoms with E-state index < -0.39 is 15.9 Å². The highest BCUT2D eigenvalue weighted by molar-refractivity contribution is 7.89. The lowest BCUT2D eigenvalue weighted by Crippen LogP contribution is -2.42. The molecular weight excluding hydrogens is 486 g/mol. The van der Waals surface area contributed by atoms with Gasteiger partial charge in [-0.3, -0.25) is 4.79 Å². The minimum atomic E-state index is -4.02. The van der Waals surface area contributed by atoms with Gasteiger partial charge < -0.3 is 9.88 Å². The van der Waals surface area contributed by atoms with Crippen molar-refractivity contribution in [1.29, 1.82) is 0 Å². The molecule has 0 unspecified atom stereocenters. The third kappa shape index (κ3) is 4.90. The second-order valence-corrected chi connectivity index (χ2v) is 13.6. The third-order valence-corrected chi connectivity index (χ3v) is 9.58. The summed E-state index contributed by atoms with van der Waals surface area (Å²) in [7, 11) is -4.02. The zero-order valence-corrected chi connectivity index (χ0v) is 22.1. The van der Waals surface area contributed by atoms with E-state index in [-0.39, 0.29) is 46.9 Å². The zero-order chi connectivity index (χ0) is 25.9. The maximum atomic E-state index is 13.7. The second-order valence-electron chi connectivity index (χ2n) is 11.8. The number of hydrogen-bond donors (Lipinski definition) is 1. The van der Waals surface area contributed by atoms with Crippen molar-refractivity contribution in [1.82, 2.24) is 19.2 Å². The van der Waals surface area contributed by atoms with Gasteiger partial charge in [0.15, 0.2) is 0 Å². The maximum Gasteiger partial charge on any atom is 0.266 e. The summed E-state index contributed by atoms with van der Waals surface area (Å²) in [5.41, 5.74) is 1.02. The lowest BCUT2D eigenvalue weighted by Gasteiger charge is -2.30. The molecule has 1 amide bonds. The molecule has 1 N–H and O–H groups in total. The van der Waals surface area contributed by atoms with Gasteiger partial charge in [-0.2, -0.15) is 0 Å². The van der Waals surface area contributed by atoms with Crippen molar-refractivity contribution in [2.24, 2.45) is 11.8 Å². The summed E-state index contributed by atoms with van der Waals surface area (Å²) in [6, 6.07) is 4.62. The van der Waals surface area contributed by atoms with E-state index in [1.165, 1.54) is 0 Å². The number of amides is 1. The minimum Gasteiger partial charge on any atom is -0.327 e. The molecular formula is C26H36F2N4O3S. The molecule has 198 valence electrons. The SMILES string of the molecule is CC(C)(C)c1nc2cc(S(=O)(=O)N(C(=O)[C@H]3CCNC3)C3CC3)ccc2n1CC1CCC(F)(F)CC1.